The fraction of sp³-hybridized carbons (Fsp3) is 0. The molecule has 2 aromatic carbocycles. The number of amidine groups is 1. The van der Waals surface area contributed by atoms with Gasteiger partial charge in [-0.2, -0.15) is 0 Å². The van der Waals surface area contributed by atoms with Gasteiger partial charge >= 0.3 is 5.63 Å². The number of benzene rings is 2. The van der Waals surface area contributed by atoms with Crippen molar-refractivity contribution >= 4 is 45.6 Å². The third-order valence-corrected chi connectivity index (χ3v) is 4.67. The van der Waals surface area contributed by atoms with Crippen molar-refractivity contribution in [1.82, 2.24) is 0 Å². The van der Waals surface area contributed by atoms with E-state index in [1.807, 2.05) is 30.3 Å². The highest BCUT2D eigenvalue weighted by Gasteiger charge is 2.33. The van der Waals surface area contributed by atoms with Crippen LogP contribution in [0.3, 0.4) is 0 Å². The number of anilines is 1. The number of carbonyl (C=O) groups excluding carboxylic acids is 1. The van der Waals surface area contributed by atoms with Gasteiger partial charge in [0.05, 0.1) is 10.6 Å². The van der Waals surface area contributed by atoms with Gasteiger partial charge in [0.1, 0.15) is 5.58 Å². The molecule has 0 aliphatic carbocycles. The standard InChI is InChI=1S/C19H12N2O3S/c20-19-21(14-7-8-15-13(11-14)6-9-17(22)24-15)18(23)16(25-19)10-12-4-2-1-3-5-12/h1-11,20H/b16-10-,20-19?. The summed E-state index contributed by atoms with van der Waals surface area (Å²) in [6.45, 7) is 0. The summed E-state index contributed by atoms with van der Waals surface area (Å²) in [6, 6.07) is 17.5. The maximum atomic E-state index is 12.7. The van der Waals surface area contributed by atoms with Gasteiger partial charge < -0.3 is 4.42 Å². The first kappa shape index (κ1) is 15.4. The number of nitrogens with one attached hydrogen (secondary N) is 1. The van der Waals surface area contributed by atoms with Gasteiger partial charge in [-0.3, -0.25) is 15.1 Å². The number of hydrogen-bond donors (Lipinski definition) is 1. The van der Waals surface area contributed by atoms with E-state index in [9.17, 15) is 9.59 Å². The number of rotatable bonds is 2. The topological polar surface area (TPSA) is 74.4 Å². The highest BCUT2D eigenvalue weighted by molar-refractivity contribution is 8.19. The van der Waals surface area contributed by atoms with Crippen LogP contribution < -0.4 is 10.5 Å². The summed E-state index contributed by atoms with van der Waals surface area (Å²) >= 11 is 1.13. The minimum atomic E-state index is -0.422. The van der Waals surface area contributed by atoms with Crippen LogP contribution in [0.1, 0.15) is 5.56 Å². The van der Waals surface area contributed by atoms with Crippen LogP contribution in [0.4, 0.5) is 5.69 Å². The molecule has 1 aliphatic rings. The first-order valence-electron chi connectivity index (χ1n) is 7.53. The number of carbonyl (C=O) groups is 1. The molecule has 2 heterocycles. The van der Waals surface area contributed by atoms with Gasteiger partial charge in [-0.1, -0.05) is 30.3 Å². The Morgan fingerprint density at radius 2 is 1.80 bits per heavy atom. The van der Waals surface area contributed by atoms with Crippen molar-refractivity contribution in [1.29, 1.82) is 5.41 Å². The van der Waals surface area contributed by atoms with E-state index in [-0.39, 0.29) is 11.1 Å². The van der Waals surface area contributed by atoms with Crippen molar-refractivity contribution in [2.45, 2.75) is 0 Å². The lowest BCUT2D eigenvalue weighted by molar-refractivity contribution is -0.113. The van der Waals surface area contributed by atoms with E-state index in [2.05, 4.69) is 0 Å². The van der Waals surface area contributed by atoms with E-state index in [0.29, 0.717) is 21.6 Å². The molecule has 1 amide bonds. The molecule has 3 aromatic rings. The van der Waals surface area contributed by atoms with E-state index >= 15 is 0 Å². The molecule has 0 unspecified atom stereocenters. The number of thioether (sulfide) groups is 1. The predicted octanol–water partition coefficient (Wildman–Crippen LogP) is 3.85. The van der Waals surface area contributed by atoms with Crippen LogP contribution in [0.5, 0.6) is 0 Å². The maximum absolute atomic E-state index is 12.7. The Bertz CT molecular complexity index is 1090. The lowest BCUT2D eigenvalue weighted by Crippen LogP contribution is -2.28. The molecule has 1 aliphatic heterocycles. The first-order chi connectivity index (χ1) is 12.1. The molecular formula is C19H12N2O3S. The van der Waals surface area contributed by atoms with Crippen LogP contribution in [-0.4, -0.2) is 11.1 Å². The smallest absolute Gasteiger partial charge is 0.336 e. The number of fused-ring (bicyclic) bond motifs is 1. The van der Waals surface area contributed by atoms with E-state index in [4.69, 9.17) is 9.83 Å². The van der Waals surface area contributed by atoms with Gasteiger partial charge in [-0.25, -0.2) is 4.79 Å². The van der Waals surface area contributed by atoms with Gasteiger partial charge in [0.25, 0.3) is 5.91 Å². The van der Waals surface area contributed by atoms with Crippen molar-refractivity contribution in [3.63, 3.8) is 0 Å². The lowest BCUT2D eigenvalue weighted by Gasteiger charge is -2.14. The SMILES string of the molecule is N=C1S/C(=C\c2ccccc2)C(=O)N1c1ccc2oc(=O)ccc2c1. The molecule has 0 saturated carbocycles. The van der Waals surface area contributed by atoms with Crippen molar-refractivity contribution in [2.24, 2.45) is 0 Å². The van der Waals surface area contributed by atoms with E-state index < -0.39 is 5.63 Å². The van der Waals surface area contributed by atoms with Crippen molar-refractivity contribution < 1.29 is 9.21 Å². The molecule has 0 atom stereocenters. The largest absolute Gasteiger partial charge is 0.423 e. The van der Waals surface area contributed by atoms with E-state index in [0.717, 1.165) is 17.3 Å². The van der Waals surface area contributed by atoms with Crippen LogP contribution >= 0.6 is 11.8 Å². The third-order valence-electron chi connectivity index (χ3n) is 3.78. The molecule has 1 N–H and O–H groups in total. The van der Waals surface area contributed by atoms with E-state index in [1.165, 1.54) is 11.0 Å². The van der Waals surface area contributed by atoms with Crippen molar-refractivity contribution in [3.05, 3.63) is 81.6 Å². The second-order valence-electron chi connectivity index (χ2n) is 5.44. The Labute approximate surface area is 147 Å². The summed E-state index contributed by atoms with van der Waals surface area (Å²) in [7, 11) is 0. The summed E-state index contributed by atoms with van der Waals surface area (Å²) in [6.07, 6.45) is 1.78. The fourth-order valence-electron chi connectivity index (χ4n) is 2.62. The van der Waals surface area contributed by atoms with Gasteiger partial charge in [0.15, 0.2) is 5.17 Å². The van der Waals surface area contributed by atoms with Crippen LogP contribution in [0, 0.1) is 5.41 Å². The van der Waals surface area contributed by atoms with E-state index in [1.54, 1.807) is 30.3 Å². The van der Waals surface area contributed by atoms with Crippen LogP contribution in [-0.2, 0) is 4.79 Å². The molecule has 0 radical (unpaired) electrons. The molecule has 5 nitrogen and oxygen atoms in total. The summed E-state index contributed by atoms with van der Waals surface area (Å²) in [5.74, 6) is -0.240. The fourth-order valence-corrected chi connectivity index (χ4v) is 3.48. The Kier molecular flexibility index (Phi) is 3.74. The summed E-state index contributed by atoms with van der Waals surface area (Å²) < 4.78 is 5.10. The van der Waals surface area contributed by atoms with Crippen LogP contribution in [0.25, 0.3) is 17.0 Å². The minimum absolute atomic E-state index is 0.143. The zero-order valence-corrected chi connectivity index (χ0v) is 13.7. The summed E-state index contributed by atoms with van der Waals surface area (Å²) in [4.78, 5) is 25.8. The highest BCUT2D eigenvalue weighted by atomic mass is 32.2. The quantitative estimate of drug-likeness (QED) is 0.564. The molecule has 0 bridgehead atoms. The highest BCUT2D eigenvalue weighted by Crippen LogP contribution is 2.36. The third kappa shape index (κ3) is 2.88. The number of amides is 1. The second-order valence-corrected chi connectivity index (χ2v) is 6.47. The average Bonchev–Trinajstić information content (AvgIpc) is 2.89. The molecule has 4 rings (SSSR count). The zero-order chi connectivity index (χ0) is 17.4. The second kappa shape index (κ2) is 6.07. The Hall–Kier alpha value is -3.12. The minimum Gasteiger partial charge on any atom is -0.423 e. The summed E-state index contributed by atoms with van der Waals surface area (Å²) in [5, 5.41) is 9.01. The molecule has 1 saturated heterocycles. The molecular weight excluding hydrogens is 336 g/mol. The number of nitrogens with zero attached hydrogens (tertiary/aromatic N) is 1. The molecule has 0 spiro atoms. The Morgan fingerprint density at radius 1 is 1.00 bits per heavy atom. The Balaban J connectivity index is 1.72. The lowest BCUT2D eigenvalue weighted by atomic mass is 10.2. The van der Waals surface area contributed by atoms with Gasteiger partial charge in [0.2, 0.25) is 0 Å². The molecule has 25 heavy (non-hydrogen) atoms. The Morgan fingerprint density at radius 3 is 2.60 bits per heavy atom. The van der Waals surface area contributed by atoms with Crippen LogP contribution in [0.15, 0.2) is 74.8 Å². The van der Waals surface area contributed by atoms with Gasteiger partial charge in [-0.15, -0.1) is 0 Å². The predicted molar refractivity (Wildman–Crippen MR) is 99.7 cm³/mol. The molecule has 122 valence electrons. The average molecular weight is 348 g/mol. The van der Waals surface area contributed by atoms with Crippen LogP contribution in [0.2, 0.25) is 0 Å². The monoisotopic (exact) mass is 348 g/mol. The van der Waals surface area contributed by atoms with Crippen molar-refractivity contribution in [3.8, 4) is 0 Å². The normalized spacial score (nSPS) is 16.2. The zero-order valence-electron chi connectivity index (χ0n) is 12.9. The molecule has 6 heteroatoms. The summed E-state index contributed by atoms with van der Waals surface area (Å²) in [5.41, 5.74) is 1.50. The van der Waals surface area contributed by atoms with Gasteiger partial charge in [-0.05, 0) is 47.7 Å². The molecule has 1 fully saturated rings. The maximum Gasteiger partial charge on any atom is 0.336 e. The van der Waals surface area contributed by atoms with Crippen molar-refractivity contribution in [2.75, 3.05) is 4.90 Å². The molecule has 1 aromatic heterocycles. The van der Waals surface area contributed by atoms with Gasteiger partial charge in [0, 0.05) is 11.5 Å². The number of hydrogen-bond acceptors (Lipinski definition) is 5. The first-order valence-corrected chi connectivity index (χ1v) is 8.35.